The molecule has 1 heterocycles. The van der Waals surface area contributed by atoms with Gasteiger partial charge in [0, 0.05) is 23.0 Å². The molecule has 1 aliphatic heterocycles. The smallest absolute Gasteiger partial charge is 0.328 e. The van der Waals surface area contributed by atoms with Crippen LogP contribution < -0.4 is 4.90 Å². The van der Waals surface area contributed by atoms with Gasteiger partial charge in [0.1, 0.15) is 5.71 Å². The molecule has 2 aromatic rings. The third-order valence-corrected chi connectivity index (χ3v) is 4.20. The number of imide groups is 1. The van der Waals surface area contributed by atoms with Gasteiger partial charge in [-0.05, 0) is 42.0 Å². The van der Waals surface area contributed by atoms with Crippen molar-refractivity contribution in [3.63, 3.8) is 0 Å². The minimum atomic E-state index is -1.05. The van der Waals surface area contributed by atoms with Crippen LogP contribution in [0.1, 0.15) is 18.1 Å². The van der Waals surface area contributed by atoms with Crippen molar-refractivity contribution >= 4 is 56.9 Å². The molecular weight excluding hydrogens is 400 g/mol. The van der Waals surface area contributed by atoms with Crippen LogP contribution in [0, 0.1) is 0 Å². The Morgan fingerprint density at radius 2 is 1.96 bits per heavy atom. The van der Waals surface area contributed by atoms with E-state index in [1.165, 1.54) is 13.0 Å². The van der Waals surface area contributed by atoms with E-state index in [2.05, 4.69) is 20.9 Å². The number of amides is 2. The topological polar surface area (TPSA) is 87.0 Å². The van der Waals surface area contributed by atoms with E-state index >= 15 is 0 Å². The first-order valence-corrected chi connectivity index (χ1v) is 8.41. The van der Waals surface area contributed by atoms with Crippen LogP contribution >= 0.6 is 15.9 Å². The van der Waals surface area contributed by atoms with Crippen molar-refractivity contribution in [2.24, 2.45) is 4.99 Å². The molecule has 3 rings (SSSR count). The maximum atomic E-state index is 12.7. The lowest BCUT2D eigenvalue weighted by molar-refractivity contribution is -0.131. The minimum absolute atomic E-state index is 0.163. The van der Waals surface area contributed by atoms with Gasteiger partial charge in [-0.25, -0.2) is 14.7 Å². The minimum Gasteiger partial charge on any atom is -0.478 e. The lowest BCUT2D eigenvalue weighted by Gasteiger charge is -2.11. The van der Waals surface area contributed by atoms with Crippen LogP contribution in [0.15, 0.2) is 58.0 Å². The average Bonchev–Trinajstić information content (AvgIpc) is 2.85. The highest BCUT2D eigenvalue weighted by atomic mass is 79.9. The van der Waals surface area contributed by atoms with Crippen molar-refractivity contribution in [3.05, 3.63) is 64.1 Å². The number of anilines is 1. The number of rotatable bonds is 3. The van der Waals surface area contributed by atoms with Crippen molar-refractivity contribution in [1.29, 1.82) is 0 Å². The van der Waals surface area contributed by atoms with E-state index in [1.54, 1.807) is 42.5 Å². The average molecular weight is 413 g/mol. The Balaban J connectivity index is 2.08. The number of carbonyl (C=O) groups is 3. The van der Waals surface area contributed by atoms with E-state index in [4.69, 9.17) is 5.11 Å². The molecule has 0 spiro atoms. The Bertz CT molecular complexity index is 995. The fraction of sp³-hybridized carbons (Fsp3) is 0.0526. The standard InChI is InChI=1S/C19H13BrN2O4/c1-11(23)22-16-7-6-13(20)10-15(16)18(19(22)26)21-14-4-2-3-12(9-14)5-8-17(24)25/h2-10H,1H3,(H,24,25). The van der Waals surface area contributed by atoms with Gasteiger partial charge in [0.25, 0.3) is 5.91 Å². The van der Waals surface area contributed by atoms with Crippen LogP contribution in [0.5, 0.6) is 0 Å². The number of hydrogen-bond donors (Lipinski definition) is 1. The molecule has 6 nitrogen and oxygen atoms in total. The summed E-state index contributed by atoms with van der Waals surface area (Å²) in [6.45, 7) is 1.32. The Morgan fingerprint density at radius 3 is 2.65 bits per heavy atom. The summed E-state index contributed by atoms with van der Waals surface area (Å²) in [6, 6.07) is 12.0. The summed E-state index contributed by atoms with van der Waals surface area (Å²) in [4.78, 5) is 40.7. The van der Waals surface area contributed by atoms with Gasteiger partial charge in [0.2, 0.25) is 5.91 Å². The third kappa shape index (κ3) is 3.48. The quantitative estimate of drug-likeness (QED) is 0.780. The Kier molecular flexibility index (Phi) is 4.81. The van der Waals surface area contributed by atoms with Crippen molar-refractivity contribution in [3.8, 4) is 0 Å². The molecule has 26 heavy (non-hydrogen) atoms. The number of carbonyl (C=O) groups excluding carboxylic acids is 2. The largest absolute Gasteiger partial charge is 0.478 e. The van der Waals surface area contributed by atoms with Crippen molar-refractivity contribution < 1.29 is 19.5 Å². The zero-order chi connectivity index (χ0) is 18.8. The second kappa shape index (κ2) is 7.05. The van der Waals surface area contributed by atoms with Crippen LogP contribution in [0.4, 0.5) is 11.4 Å². The van der Waals surface area contributed by atoms with Crippen LogP contribution in [0.25, 0.3) is 6.08 Å². The summed E-state index contributed by atoms with van der Waals surface area (Å²) in [5.74, 6) is -1.93. The second-order valence-corrected chi connectivity index (χ2v) is 6.46. The van der Waals surface area contributed by atoms with Crippen LogP contribution in [-0.4, -0.2) is 28.6 Å². The summed E-state index contributed by atoms with van der Waals surface area (Å²) in [5, 5.41) is 8.72. The Morgan fingerprint density at radius 1 is 1.19 bits per heavy atom. The molecule has 0 saturated carbocycles. The zero-order valence-corrected chi connectivity index (χ0v) is 15.2. The second-order valence-electron chi connectivity index (χ2n) is 5.55. The van der Waals surface area contributed by atoms with Crippen LogP contribution in [0.3, 0.4) is 0 Å². The lowest BCUT2D eigenvalue weighted by Crippen LogP contribution is -2.34. The fourth-order valence-corrected chi connectivity index (χ4v) is 3.00. The predicted octanol–water partition coefficient (Wildman–Crippen LogP) is 3.56. The van der Waals surface area contributed by atoms with Crippen molar-refractivity contribution in [2.45, 2.75) is 6.92 Å². The normalized spacial score (nSPS) is 14.9. The number of aliphatic imine (C=N–C) groups is 1. The zero-order valence-electron chi connectivity index (χ0n) is 13.6. The summed E-state index contributed by atoms with van der Waals surface area (Å²) in [5.41, 5.74) is 2.34. The molecule has 2 amide bonds. The van der Waals surface area contributed by atoms with Crippen molar-refractivity contribution in [2.75, 3.05) is 4.90 Å². The highest BCUT2D eigenvalue weighted by molar-refractivity contribution is 9.10. The number of aliphatic carboxylic acids is 1. The van der Waals surface area contributed by atoms with E-state index in [0.29, 0.717) is 22.5 Å². The van der Waals surface area contributed by atoms with E-state index in [9.17, 15) is 14.4 Å². The molecule has 0 atom stereocenters. The molecule has 0 aromatic heterocycles. The number of hydrogen-bond acceptors (Lipinski definition) is 4. The molecule has 7 heteroatoms. The molecular formula is C19H13BrN2O4. The Labute approximate surface area is 157 Å². The molecule has 0 saturated heterocycles. The molecule has 0 unspecified atom stereocenters. The summed E-state index contributed by atoms with van der Waals surface area (Å²) < 4.78 is 0.764. The molecule has 0 fully saturated rings. The number of nitrogens with zero attached hydrogens (tertiary/aromatic N) is 2. The van der Waals surface area contributed by atoms with E-state index in [1.807, 2.05) is 0 Å². The van der Waals surface area contributed by atoms with Gasteiger partial charge in [-0.2, -0.15) is 0 Å². The van der Waals surface area contributed by atoms with Crippen LogP contribution in [0.2, 0.25) is 0 Å². The number of carboxylic acid groups (broad SMARTS) is 1. The van der Waals surface area contributed by atoms with Gasteiger partial charge < -0.3 is 5.11 Å². The highest BCUT2D eigenvalue weighted by Crippen LogP contribution is 2.33. The van der Waals surface area contributed by atoms with E-state index in [0.717, 1.165) is 15.4 Å². The van der Waals surface area contributed by atoms with Crippen LogP contribution in [-0.2, 0) is 14.4 Å². The molecule has 0 radical (unpaired) electrons. The van der Waals surface area contributed by atoms with Gasteiger partial charge in [-0.1, -0.05) is 28.1 Å². The Hall–Kier alpha value is -3.06. The number of fused-ring (bicyclic) bond motifs is 1. The third-order valence-electron chi connectivity index (χ3n) is 3.70. The monoisotopic (exact) mass is 412 g/mol. The first-order chi connectivity index (χ1) is 12.4. The molecule has 2 aromatic carbocycles. The SMILES string of the molecule is CC(=O)N1C(=O)C(=Nc2cccc(C=CC(=O)O)c2)c2cc(Br)ccc21. The van der Waals surface area contributed by atoms with E-state index in [-0.39, 0.29) is 11.6 Å². The van der Waals surface area contributed by atoms with Gasteiger partial charge in [-0.3, -0.25) is 9.59 Å². The first kappa shape index (κ1) is 17.8. The van der Waals surface area contributed by atoms with E-state index < -0.39 is 11.9 Å². The van der Waals surface area contributed by atoms with Gasteiger partial charge in [0.15, 0.2) is 0 Å². The first-order valence-electron chi connectivity index (χ1n) is 7.61. The lowest BCUT2D eigenvalue weighted by atomic mass is 10.1. The predicted molar refractivity (Wildman–Crippen MR) is 102 cm³/mol. The molecule has 0 aliphatic carbocycles. The fourth-order valence-electron chi connectivity index (χ4n) is 2.64. The van der Waals surface area contributed by atoms with Crippen molar-refractivity contribution in [1.82, 2.24) is 0 Å². The summed E-state index contributed by atoms with van der Waals surface area (Å²) >= 11 is 3.37. The van der Waals surface area contributed by atoms with Gasteiger partial charge >= 0.3 is 5.97 Å². The van der Waals surface area contributed by atoms with Gasteiger partial charge in [0.05, 0.1) is 11.4 Å². The number of halogens is 1. The molecule has 1 aliphatic rings. The molecule has 0 bridgehead atoms. The van der Waals surface area contributed by atoms with Gasteiger partial charge in [-0.15, -0.1) is 0 Å². The maximum Gasteiger partial charge on any atom is 0.328 e. The summed E-state index contributed by atoms with van der Waals surface area (Å²) in [7, 11) is 0. The number of carboxylic acids is 1. The number of benzene rings is 2. The molecule has 1 N–H and O–H groups in total. The highest BCUT2D eigenvalue weighted by Gasteiger charge is 2.36. The maximum absolute atomic E-state index is 12.7. The summed E-state index contributed by atoms with van der Waals surface area (Å²) in [6.07, 6.45) is 2.46. The molecule has 130 valence electrons.